The van der Waals surface area contributed by atoms with Gasteiger partial charge in [0.15, 0.2) is 11.5 Å². The van der Waals surface area contributed by atoms with Crippen LogP contribution in [0.3, 0.4) is 0 Å². The number of fused-ring (bicyclic) bond motifs is 1. The Morgan fingerprint density at radius 3 is 2.92 bits per heavy atom. The third-order valence-corrected chi connectivity index (χ3v) is 4.25. The number of hydrogen-bond donors (Lipinski definition) is 2. The smallest absolute Gasteiger partial charge is 0.353 e. The summed E-state index contributed by atoms with van der Waals surface area (Å²) in [5.74, 6) is 0.302. The summed E-state index contributed by atoms with van der Waals surface area (Å²) in [6.45, 7) is 2.79. The van der Waals surface area contributed by atoms with Crippen molar-refractivity contribution in [3.8, 4) is 0 Å². The number of aromatic nitrogens is 4. The number of anilines is 1. The van der Waals surface area contributed by atoms with Gasteiger partial charge in [-0.25, -0.2) is 15.0 Å². The fourth-order valence-corrected chi connectivity index (χ4v) is 2.96. The molecule has 0 aliphatic rings. The molecule has 134 valence electrons. The first-order valence-electron chi connectivity index (χ1n) is 7.41. The van der Waals surface area contributed by atoms with E-state index in [0.717, 1.165) is 0 Å². The van der Waals surface area contributed by atoms with E-state index in [9.17, 15) is 9.46 Å². The van der Waals surface area contributed by atoms with Crippen molar-refractivity contribution >= 4 is 24.6 Å². The van der Waals surface area contributed by atoms with Gasteiger partial charge in [-0.15, -0.1) is 0 Å². The number of methoxy groups -OCH3 is 1. The number of rotatable bonds is 10. The molecule has 3 N–H and O–H groups in total. The molecule has 0 fully saturated rings. The van der Waals surface area contributed by atoms with E-state index < -0.39 is 7.60 Å². The first-order valence-corrected chi connectivity index (χ1v) is 9.17. The molecular weight excluding hydrogens is 337 g/mol. The Labute approximate surface area is 139 Å². The van der Waals surface area contributed by atoms with Crippen LogP contribution in [-0.2, 0) is 25.1 Å². The van der Waals surface area contributed by atoms with Crippen LogP contribution in [0.15, 0.2) is 12.7 Å². The minimum Gasteiger partial charge on any atom is -0.385 e. The molecule has 10 nitrogen and oxygen atoms in total. The Bertz CT molecular complexity index is 709. The second-order valence-electron chi connectivity index (χ2n) is 5.25. The zero-order valence-corrected chi connectivity index (χ0v) is 14.6. The third kappa shape index (κ3) is 5.22. The predicted octanol–water partition coefficient (Wildman–Crippen LogP) is 1.01. The number of ether oxygens (including phenoxy) is 2. The van der Waals surface area contributed by atoms with Gasteiger partial charge < -0.3 is 29.2 Å². The lowest BCUT2D eigenvalue weighted by molar-refractivity contribution is 0.0704. The van der Waals surface area contributed by atoms with Gasteiger partial charge in [-0.1, -0.05) is 0 Å². The summed E-state index contributed by atoms with van der Waals surface area (Å²) in [5.41, 5.74) is 6.83. The lowest BCUT2D eigenvalue weighted by atomic mass is 10.4. The fourth-order valence-electron chi connectivity index (χ4n) is 2.03. The van der Waals surface area contributed by atoms with Gasteiger partial charge in [-0.05, 0) is 13.3 Å². The normalized spacial score (nSPS) is 15.5. The van der Waals surface area contributed by atoms with Crippen molar-refractivity contribution in [2.45, 2.75) is 26.0 Å². The molecule has 0 aliphatic heterocycles. The molecule has 11 heteroatoms. The van der Waals surface area contributed by atoms with E-state index in [-0.39, 0.29) is 19.1 Å². The maximum Gasteiger partial charge on any atom is 0.353 e. The van der Waals surface area contributed by atoms with E-state index >= 15 is 0 Å². The summed E-state index contributed by atoms with van der Waals surface area (Å²) < 4.78 is 28.8. The molecule has 1 unspecified atom stereocenters. The van der Waals surface area contributed by atoms with Crippen molar-refractivity contribution in [1.82, 2.24) is 19.5 Å². The van der Waals surface area contributed by atoms with Gasteiger partial charge in [0.2, 0.25) is 0 Å². The van der Waals surface area contributed by atoms with E-state index in [1.165, 1.54) is 6.33 Å². The Balaban J connectivity index is 1.85. The molecule has 24 heavy (non-hydrogen) atoms. The molecule has 0 aliphatic carbocycles. The Morgan fingerprint density at radius 2 is 2.17 bits per heavy atom. The van der Waals surface area contributed by atoms with Crippen molar-refractivity contribution in [1.29, 1.82) is 0 Å². The van der Waals surface area contributed by atoms with E-state index in [4.69, 9.17) is 19.7 Å². The average Bonchev–Trinajstić information content (AvgIpc) is 2.94. The summed E-state index contributed by atoms with van der Waals surface area (Å²) in [7, 11) is -2.22. The number of hydrogen-bond acceptors (Lipinski definition) is 8. The predicted molar refractivity (Wildman–Crippen MR) is 87.4 cm³/mol. The highest BCUT2D eigenvalue weighted by Crippen LogP contribution is 2.42. The van der Waals surface area contributed by atoms with Gasteiger partial charge >= 0.3 is 7.60 Å². The van der Waals surface area contributed by atoms with Crippen LogP contribution in [0.2, 0.25) is 0 Å². The third-order valence-electron chi connectivity index (χ3n) is 3.19. The molecule has 0 saturated carbocycles. The minimum absolute atomic E-state index is 0.141. The van der Waals surface area contributed by atoms with Gasteiger partial charge in [-0.2, -0.15) is 0 Å². The van der Waals surface area contributed by atoms with Crippen LogP contribution in [0.4, 0.5) is 5.82 Å². The topological polar surface area (TPSA) is 135 Å². The first kappa shape index (κ1) is 18.8. The summed E-state index contributed by atoms with van der Waals surface area (Å²) in [4.78, 5) is 21.9. The molecule has 0 bridgehead atoms. The SMILES string of the molecule is COCCCOP(=O)(O)CO[C@H](C)Cn1cnc2c(N)ncnc21. The monoisotopic (exact) mass is 359 g/mol. The molecule has 0 amide bonds. The van der Waals surface area contributed by atoms with E-state index in [2.05, 4.69) is 15.0 Å². The van der Waals surface area contributed by atoms with Gasteiger partial charge in [0.25, 0.3) is 0 Å². The van der Waals surface area contributed by atoms with Gasteiger partial charge in [0, 0.05) is 13.7 Å². The Kier molecular flexibility index (Phi) is 6.64. The lowest BCUT2D eigenvalue weighted by Crippen LogP contribution is -2.17. The van der Waals surface area contributed by atoms with Crippen LogP contribution >= 0.6 is 7.60 Å². The van der Waals surface area contributed by atoms with Crippen molar-refractivity contribution in [2.75, 3.05) is 32.4 Å². The Hall–Kier alpha value is -1.58. The van der Waals surface area contributed by atoms with Crippen LogP contribution in [0.5, 0.6) is 0 Å². The number of imidazole rings is 1. The van der Waals surface area contributed by atoms with E-state index in [1.807, 2.05) is 0 Å². The zero-order valence-electron chi connectivity index (χ0n) is 13.7. The zero-order chi connectivity index (χ0) is 17.6. The first-order chi connectivity index (χ1) is 11.4. The molecule has 2 aromatic heterocycles. The highest BCUT2D eigenvalue weighted by molar-refractivity contribution is 7.52. The molecule has 2 aromatic rings. The summed E-state index contributed by atoms with van der Waals surface area (Å²) in [5, 5.41) is 0. The molecule has 0 radical (unpaired) electrons. The molecular formula is C13H22N5O5P. The molecule has 0 aromatic carbocycles. The van der Waals surface area contributed by atoms with Crippen LogP contribution in [0.1, 0.15) is 13.3 Å². The second kappa shape index (κ2) is 8.50. The van der Waals surface area contributed by atoms with Crippen LogP contribution in [-0.4, -0.2) is 57.2 Å². The summed E-state index contributed by atoms with van der Waals surface area (Å²) >= 11 is 0. The van der Waals surface area contributed by atoms with Gasteiger partial charge in [-0.3, -0.25) is 4.57 Å². The molecule has 2 heterocycles. The van der Waals surface area contributed by atoms with Crippen molar-refractivity contribution in [3.63, 3.8) is 0 Å². The maximum atomic E-state index is 11.9. The van der Waals surface area contributed by atoms with Crippen LogP contribution in [0.25, 0.3) is 11.2 Å². The Morgan fingerprint density at radius 1 is 1.38 bits per heavy atom. The highest BCUT2D eigenvalue weighted by Gasteiger charge is 2.21. The molecule has 0 spiro atoms. The number of nitrogen functional groups attached to an aromatic ring is 1. The molecule has 2 rings (SSSR count). The van der Waals surface area contributed by atoms with Crippen LogP contribution < -0.4 is 5.73 Å². The quantitative estimate of drug-likeness (QED) is 0.470. The standard InChI is InChI=1S/C13H22N5O5P/c1-10(22-9-24(19,20)23-5-3-4-21-2)6-18-8-17-11-12(14)15-7-16-13(11)18/h7-8,10H,3-6,9H2,1-2H3,(H,19,20)(H2,14,15,16)/t10-/m1/s1. The fraction of sp³-hybridized carbons (Fsp3) is 0.615. The lowest BCUT2D eigenvalue weighted by Gasteiger charge is -2.17. The van der Waals surface area contributed by atoms with Crippen molar-refractivity contribution in [2.24, 2.45) is 0 Å². The summed E-state index contributed by atoms with van der Waals surface area (Å²) in [6, 6.07) is 0. The largest absolute Gasteiger partial charge is 0.385 e. The number of nitrogens with two attached hydrogens (primary N) is 1. The average molecular weight is 359 g/mol. The van der Waals surface area contributed by atoms with Gasteiger partial charge in [0.05, 0.1) is 25.6 Å². The highest BCUT2D eigenvalue weighted by atomic mass is 31.2. The maximum absolute atomic E-state index is 11.9. The van der Waals surface area contributed by atoms with E-state index in [0.29, 0.717) is 36.6 Å². The molecule has 2 atom stereocenters. The van der Waals surface area contributed by atoms with Crippen LogP contribution in [0, 0.1) is 0 Å². The van der Waals surface area contributed by atoms with E-state index in [1.54, 1.807) is 24.9 Å². The summed E-state index contributed by atoms with van der Waals surface area (Å²) in [6.07, 6.45) is 2.75. The number of nitrogens with zero attached hydrogens (tertiary/aromatic N) is 4. The minimum atomic E-state index is -3.78. The van der Waals surface area contributed by atoms with Crippen molar-refractivity contribution < 1.29 is 23.5 Å². The molecule has 0 saturated heterocycles. The van der Waals surface area contributed by atoms with Gasteiger partial charge in [0.1, 0.15) is 18.2 Å². The van der Waals surface area contributed by atoms with Crippen molar-refractivity contribution in [3.05, 3.63) is 12.7 Å². The second-order valence-corrected chi connectivity index (χ2v) is 7.04.